The summed E-state index contributed by atoms with van der Waals surface area (Å²) in [5.74, 6) is 13.4. The summed E-state index contributed by atoms with van der Waals surface area (Å²) >= 11 is 0. The number of rotatable bonds is 14. The Morgan fingerprint density at radius 1 is 0.625 bits per heavy atom. The van der Waals surface area contributed by atoms with Crippen LogP contribution in [0.5, 0.6) is 0 Å². The molecular formula is C48H50N8. The predicted octanol–water partition coefficient (Wildman–Crippen LogP) is 8.26. The molecule has 7 rings (SSSR count). The van der Waals surface area contributed by atoms with Crippen molar-refractivity contribution in [2.24, 2.45) is 0 Å². The maximum Gasteiger partial charge on any atom is 0.0931 e. The smallest absolute Gasteiger partial charge is 0.0931 e. The van der Waals surface area contributed by atoms with E-state index in [0.29, 0.717) is 13.1 Å². The molecule has 56 heavy (non-hydrogen) atoms. The van der Waals surface area contributed by atoms with E-state index in [4.69, 9.17) is 4.98 Å². The molecule has 8 heteroatoms. The van der Waals surface area contributed by atoms with E-state index in [1.807, 2.05) is 38.5 Å². The van der Waals surface area contributed by atoms with Gasteiger partial charge < -0.3 is 30.4 Å². The molecule has 282 valence electrons. The van der Waals surface area contributed by atoms with Gasteiger partial charge in [0.2, 0.25) is 0 Å². The fourth-order valence-corrected chi connectivity index (χ4v) is 7.24. The normalized spacial score (nSPS) is 10.9. The van der Waals surface area contributed by atoms with Crippen LogP contribution in [0.15, 0.2) is 109 Å². The lowest BCUT2D eigenvalue weighted by atomic mass is 10.0. The van der Waals surface area contributed by atoms with Gasteiger partial charge in [-0.3, -0.25) is 9.97 Å². The lowest BCUT2D eigenvalue weighted by Crippen LogP contribution is -2.14. The minimum atomic E-state index is 0.545. The summed E-state index contributed by atoms with van der Waals surface area (Å²) in [5.41, 5.74) is 13.6. The molecule has 0 radical (unpaired) electrons. The lowest BCUT2D eigenvalue weighted by molar-refractivity contribution is 0.689. The molecule has 0 fully saturated rings. The van der Waals surface area contributed by atoms with E-state index in [0.717, 1.165) is 73.3 Å². The number of fused-ring (bicyclic) bond motifs is 2. The Hall–Kier alpha value is -6.32. The molecule has 0 bridgehead atoms. The number of nitrogens with one attached hydrogen (secondary N) is 4. The van der Waals surface area contributed by atoms with Gasteiger partial charge in [-0.1, -0.05) is 48.2 Å². The van der Waals surface area contributed by atoms with Crippen molar-refractivity contribution in [3.8, 4) is 23.7 Å². The van der Waals surface area contributed by atoms with E-state index in [2.05, 4.69) is 158 Å². The highest BCUT2D eigenvalue weighted by Gasteiger charge is 2.09. The first-order chi connectivity index (χ1) is 27.5. The molecule has 0 aliphatic carbocycles. The molecule has 0 unspecified atom stereocenters. The average molecular weight is 739 g/mol. The topological polar surface area (TPSA) is 83.8 Å². The third-order valence-corrected chi connectivity index (χ3v) is 10.00. The number of anilines is 2. The van der Waals surface area contributed by atoms with Crippen molar-refractivity contribution in [3.05, 3.63) is 154 Å². The maximum atomic E-state index is 4.79. The van der Waals surface area contributed by atoms with Crippen LogP contribution in [0.2, 0.25) is 0 Å². The SMILES string of the molecule is CCn1c(C#CCNc2ccc(Cc3ccccc3CNCc3ccc4c(c3)cc(C#CCNc3ccnc(C)c3)n4CC)nc2)cc2cc(CNC)ccc21. The molecule has 4 heterocycles. The van der Waals surface area contributed by atoms with Crippen LogP contribution in [0.4, 0.5) is 11.4 Å². The molecule has 0 saturated carbocycles. The molecule has 0 spiro atoms. The van der Waals surface area contributed by atoms with Crippen LogP contribution in [-0.4, -0.2) is 39.2 Å². The summed E-state index contributed by atoms with van der Waals surface area (Å²) in [4.78, 5) is 9.05. The van der Waals surface area contributed by atoms with Gasteiger partial charge in [-0.15, -0.1) is 0 Å². The summed E-state index contributed by atoms with van der Waals surface area (Å²) in [5, 5.41) is 16.1. The van der Waals surface area contributed by atoms with Crippen molar-refractivity contribution in [1.29, 1.82) is 0 Å². The molecule has 0 aliphatic heterocycles. The molecule has 4 aromatic heterocycles. The second kappa shape index (κ2) is 18.3. The second-order valence-corrected chi connectivity index (χ2v) is 13.9. The highest BCUT2D eigenvalue weighted by molar-refractivity contribution is 5.84. The van der Waals surface area contributed by atoms with Gasteiger partial charge in [0.25, 0.3) is 0 Å². The number of benzene rings is 3. The van der Waals surface area contributed by atoms with Crippen molar-refractivity contribution in [2.75, 3.05) is 30.8 Å². The Kier molecular flexibility index (Phi) is 12.4. The van der Waals surface area contributed by atoms with Gasteiger partial charge >= 0.3 is 0 Å². The third-order valence-electron chi connectivity index (χ3n) is 10.00. The molecule has 8 nitrogen and oxygen atoms in total. The zero-order chi connectivity index (χ0) is 38.7. The monoisotopic (exact) mass is 738 g/mol. The Bertz CT molecular complexity index is 2550. The first-order valence-corrected chi connectivity index (χ1v) is 19.5. The van der Waals surface area contributed by atoms with E-state index < -0.39 is 0 Å². The van der Waals surface area contributed by atoms with Gasteiger partial charge in [0.05, 0.1) is 36.4 Å². The van der Waals surface area contributed by atoms with Crippen LogP contribution < -0.4 is 21.3 Å². The van der Waals surface area contributed by atoms with Gasteiger partial charge in [0.15, 0.2) is 0 Å². The summed E-state index contributed by atoms with van der Waals surface area (Å²) in [6.45, 7) is 11.6. The molecule has 0 amide bonds. The Morgan fingerprint density at radius 2 is 1.27 bits per heavy atom. The van der Waals surface area contributed by atoms with E-state index in [9.17, 15) is 0 Å². The van der Waals surface area contributed by atoms with Crippen LogP contribution in [0.3, 0.4) is 0 Å². The van der Waals surface area contributed by atoms with Crippen molar-refractivity contribution >= 4 is 33.2 Å². The number of aryl methyl sites for hydroxylation is 3. The van der Waals surface area contributed by atoms with Gasteiger partial charge in [0.1, 0.15) is 0 Å². The maximum absolute atomic E-state index is 4.79. The third kappa shape index (κ3) is 9.30. The summed E-state index contributed by atoms with van der Waals surface area (Å²) in [7, 11) is 1.97. The molecule has 7 aromatic rings. The lowest BCUT2D eigenvalue weighted by Gasteiger charge is -2.11. The molecule has 4 N–H and O–H groups in total. The van der Waals surface area contributed by atoms with Crippen molar-refractivity contribution in [1.82, 2.24) is 29.7 Å². The highest BCUT2D eigenvalue weighted by atomic mass is 15.0. The Balaban J connectivity index is 0.920. The van der Waals surface area contributed by atoms with Crippen LogP contribution in [-0.2, 0) is 39.1 Å². The highest BCUT2D eigenvalue weighted by Crippen LogP contribution is 2.23. The number of nitrogens with zero attached hydrogens (tertiary/aromatic N) is 4. The molecule has 0 atom stereocenters. The summed E-state index contributed by atoms with van der Waals surface area (Å²) < 4.78 is 4.56. The predicted molar refractivity (Wildman–Crippen MR) is 232 cm³/mol. The Morgan fingerprint density at radius 3 is 1.88 bits per heavy atom. The fourth-order valence-electron chi connectivity index (χ4n) is 7.24. The quantitative estimate of drug-likeness (QED) is 0.0842. The number of aromatic nitrogens is 4. The largest absolute Gasteiger partial charge is 0.374 e. The fraction of sp³-hybridized carbons (Fsp3) is 0.250. The standard InChI is InChI=1S/C48H50N8/c1-5-55-46(29-40-26-36(31-49-4)15-19-47(40)55)14-10-23-53-44-18-17-42(54-34-44)28-38-11-7-8-12-39(38)33-50-32-37-16-20-48-41(27-37)30-45(56(48)6-2)13-9-22-52-43-21-24-51-35(3)25-43/h7-8,11-12,15-21,24-27,29-30,34,49-50,53H,5-6,22-23,28,31-33H2,1-4H3,(H,51,52). The van der Waals surface area contributed by atoms with Crippen LogP contribution in [0, 0.1) is 30.6 Å². The average Bonchev–Trinajstić information content (AvgIpc) is 3.75. The van der Waals surface area contributed by atoms with Gasteiger partial charge in [-0.2, -0.15) is 0 Å². The molecular weight excluding hydrogens is 689 g/mol. The zero-order valence-electron chi connectivity index (χ0n) is 32.8. The van der Waals surface area contributed by atoms with E-state index in [1.165, 1.54) is 44.1 Å². The molecule has 0 aliphatic rings. The number of hydrogen-bond donors (Lipinski definition) is 4. The van der Waals surface area contributed by atoms with Gasteiger partial charge in [-0.05, 0) is 123 Å². The first-order valence-electron chi connectivity index (χ1n) is 19.5. The number of pyridine rings is 2. The van der Waals surface area contributed by atoms with Crippen LogP contribution in [0.1, 0.15) is 58.9 Å². The van der Waals surface area contributed by atoms with Gasteiger partial charge in [0, 0.05) is 84.2 Å². The second-order valence-electron chi connectivity index (χ2n) is 13.9. The van der Waals surface area contributed by atoms with Crippen molar-refractivity contribution in [3.63, 3.8) is 0 Å². The van der Waals surface area contributed by atoms with Crippen molar-refractivity contribution in [2.45, 2.75) is 59.9 Å². The van der Waals surface area contributed by atoms with E-state index in [1.54, 1.807) is 0 Å². The molecule has 0 saturated heterocycles. The minimum absolute atomic E-state index is 0.545. The summed E-state index contributed by atoms with van der Waals surface area (Å²) in [6, 6.07) is 34.6. The van der Waals surface area contributed by atoms with Crippen molar-refractivity contribution < 1.29 is 0 Å². The first kappa shape index (κ1) is 38.0. The van der Waals surface area contributed by atoms with E-state index in [-0.39, 0.29) is 0 Å². The molecule has 3 aromatic carbocycles. The zero-order valence-corrected chi connectivity index (χ0v) is 32.8. The van der Waals surface area contributed by atoms with Gasteiger partial charge in [-0.25, -0.2) is 0 Å². The Labute approximate surface area is 330 Å². The van der Waals surface area contributed by atoms with Crippen LogP contribution in [0.25, 0.3) is 21.8 Å². The number of hydrogen-bond acceptors (Lipinski definition) is 6. The summed E-state index contributed by atoms with van der Waals surface area (Å²) in [6.07, 6.45) is 4.49. The van der Waals surface area contributed by atoms with E-state index >= 15 is 0 Å². The minimum Gasteiger partial charge on any atom is -0.374 e. The van der Waals surface area contributed by atoms with Crippen LogP contribution >= 0.6 is 0 Å².